The molecule has 0 amide bonds. The largest absolute Gasteiger partial charge is 0.513 e. The van der Waals surface area contributed by atoms with Gasteiger partial charge in [-0.2, -0.15) is 5.10 Å². The first-order valence-corrected chi connectivity index (χ1v) is 11.4. The molecule has 0 radical (unpaired) electrons. The van der Waals surface area contributed by atoms with Crippen LogP contribution in [0.25, 0.3) is 21.5 Å². The van der Waals surface area contributed by atoms with Gasteiger partial charge in [-0.15, -0.1) is 11.3 Å². The van der Waals surface area contributed by atoms with E-state index in [4.69, 9.17) is 21.1 Å². The molecule has 0 aliphatic carbocycles. The van der Waals surface area contributed by atoms with Gasteiger partial charge >= 0.3 is 6.16 Å². The summed E-state index contributed by atoms with van der Waals surface area (Å²) >= 11 is 8.33. The molecule has 0 unspecified atom stereocenters. The highest BCUT2D eigenvalue weighted by Gasteiger charge is 2.22. The van der Waals surface area contributed by atoms with E-state index in [1.807, 2.05) is 23.9 Å². The molecule has 8 nitrogen and oxygen atoms in total. The number of aromatic nitrogens is 2. The zero-order valence-corrected chi connectivity index (χ0v) is 18.9. The third kappa shape index (κ3) is 4.06. The number of halogens is 1. The van der Waals surface area contributed by atoms with Crippen LogP contribution in [0.4, 0.5) is 10.5 Å². The van der Waals surface area contributed by atoms with Crippen LogP contribution in [0.2, 0.25) is 5.02 Å². The lowest BCUT2D eigenvalue weighted by Gasteiger charge is -2.36. The van der Waals surface area contributed by atoms with Gasteiger partial charge < -0.3 is 19.2 Å². The third-order valence-corrected chi connectivity index (χ3v) is 6.92. The summed E-state index contributed by atoms with van der Waals surface area (Å²) in [7, 11) is 1.99. The minimum Gasteiger partial charge on any atom is -0.449 e. The molecule has 5 rings (SSSR count). The zero-order chi connectivity index (χ0) is 22.2. The zero-order valence-electron chi connectivity index (χ0n) is 17.3. The molecule has 1 N–H and O–H groups in total. The van der Waals surface area contributed by atoms with Gasteiger partial charge in [0.15, 0.2) is 0 Å². The molecule has 1 aliphatic rings. The van der Waals surface area contributed by atoms with Gasteiger partial charge in [0, 0.05) is 51.2 Å². The molecule has 4 heterocycles. The van der Waals surface area contributed by atoms with Crippen molar-refractivity contribution in [2.45, 2.75) is 6.54 Å². The fourth-order valence-electron chi connectivity index (χ4n) is 4.00. The maximum absolute atomic E-state index is 10.8. The van der Waals surface area contributed by atoms with Crippen LogP contribution in [-0.2, 0) is 13.6 Å². The topological polar surface area (TPSA) is 84.0 Å². The Balaban J connectivity index is 1.26. The van der Waals surface area contributed by atoms with E-state index < -0.39 is 6.16 Å². The minimum atomic E-state index is -1.42. The van der Waals surface area contributed by atoms with Crippen molar-refractivity contribution in [1.82, 2.24) is 14.7 Å². The van der Waals surface area contributed by atoms with Gasteiger partial charge in [-0.25, -0.2) is 4.79 Å². The molecular weight excluding hydrogens is 452 g/mol. The predicted octanol–water partition coefficient (Wildman–Crippen LogP) is 4.93. The Kier molecular flexibility index (Phi) is 5.54. The van der Waals surface area contributed by atoms with Crippen LogP contribution in [0.1, 0.15) is 5.69 Å². The van der Waals surface area contributed by atoms with Gasteiger partial charge in [-0.05, 0) is 29.6 Å². The third-order valence-electron chi connectivity index (χ3n) is 5.63. The lowest BCUT2D eigenvalue weighted by Crippen LogP contribution is -2.46. The lowest BCUT2D eigenvalue weighted by molar-refractivity contribution is 0.134. The second-order valence-electron chi connectivity index (χ2n) is 7.63. The Morgan fingerprint density at radius 2 is 2.06 bits per heavy atom. The van der Waals surface area contributed by atoms with Crippen molar-refractivity contribution in [3.63, 3.8) is 0 Å². The highest BCUT2D eigenvalue weighted by atomic mass is 35.5. The fourth-order valence-corrected chi connectivity index (χ4v) is 5.01. The number of thiophene rings is 1. The average molecular weight is 473 g/mol. The highest BCUT2D eigenvalue weighted by molar-refractivity contribution is 7.13. The van der Waals surface area contributed by atoms with Gasteiger partial charge in [0.05, 0.1) is 21.3 Å². The summed E-state index contributed by atoms with van der Waals surface area (Å²) in [5, 5.41) is 16.7. The quantitative estimate of drug-likeness (QED) is 0.412. The van der Waals surface area contributed by atoms with Crippen LogP contribution < -0.4 is 9.64 Å². The molecule has 4 aromatic rings. The van der Waals surface area contributed by atoms with E-state index in [0.717, 1.165) is 44.1 Å². The second-order valence-corrected chi connectivity index (χ2v) is 8.95. The number of fused-ring (bicyclic) bond motifs is 1. The fraction of sp³-hybridized carbons (Fsp3) is 0.273. The summed E-state index contributed by atoms with van der Waals surface area (Å²) in [6.07, 6.45) is -1.42. The Bertz CT molecular complexity index is 1260. The SMILES string of the molecule is Cn1nc(-c2cccs2)cc1CN1CCN(c2ccc3oc(OC(=O)O)cc3c2Cl)CC1. The molecule has 10 heteroatoms. The summed E-state index contributed by atoms with van der Waals surface area (Å²) in [5.41, 5.74) is 3.60. The number of rotatable bonds is 5. The van der Waals surface area contributed by atoms with Crippen molar-refractivity contribution in [3.8, 4) is 16.5 Å². The lowest BCUT2D eigenvalue weighted by atomic mass is 10.2. The van der Waals surface area contributed by atoms with E-state index in [1.165, 1.54) is 16.6 Å². The average Bonchev–Trinajstić information content (AvgIpc) is 3.49. The molecule has 166 valence electrons. The first-order chi connectivity index (χ1) is 15.5. The van der Waals surface area contributed by atoms with Crippen molar-refractivity contribution >= 4 is 45.7 Å². The Hall–Kier alpha value is -3.01. The Labute approximate surface area is 193 Å². The van der Waals surface area contributed by atoms with E-state index in [1.54, 1.807) is 17.4 Å². The maximum Gasteiger partial charge on any atom is 0.513 e. The number of carboxylic acid groups (broad SMARTS) is 1. The summed E-state index contributed by atoms with van der Waals surface area (Å²) < 4.78 is 12.0. The molecule has 1 aromatic carbocycles. The van der Waals surface area contributed by atoms with Crippen LogP contribution in [-0.4, -0.2) is 52.1 Å². The van der Waals surface area contributed by atoms with E-state index in [2.05, 4.69) is 37.1 Å². The summed E-state index contributed by atoms with van der Waals surface area (Å²) in [5.74, 6) is -0.0885. The number of anilines is 1. The molecule has 32 heavy (non-hydrogen) atoms. The molecule has 1 fully saturated rings. The van der Waals surface area contributed by atoms with Crippen molar-refractivity contribution in [1.29, 1.82) is 0 Å². The summed E-state index contributed by atoms with van der Waals surface area (Å²) in [6.45, 7) is 4.29. The minimum absolute atomic E-state index is 0.0885. The molecule has 1 saturated heterocycles. The number of aryl methyl sites for hydroxylation is 1. The van der Waals surface area contributed by atoms with Gasteiger partial charge in [0.2, 0.25) is 0 Å². The number of hydrogen-bond donors (Lipinski definition) is 1. The standard InChI is InChI=1S/C22H21ClN4O4S/c1-25-14(11-16(24-25)19-3-2-10-32-19)13-26-6-8-27(9-7-26)17-4-5-18-15(21(17)23)12-20(30-18)31-22(28)29/h2-5,10-12H,6-9,13H2,1H3,(H,28,29). The predicted molar refractivity (Wildman–Crippen MR) is 124 cm³/mol. The van der Waals surface area contributed by atoms with E-state index >= 15 is 0 Å². The van der Waals surface area contributed by atoms with Gasteiger partial charge in [-0.1, -0.05) is 17.7 Å². The maximum atomic E-state index is 10.8. The number of ether oxygens (including phenoxy) is 1. The van der Waals surface area contributed by atoms with E-state index in [9.17, 15) is 4.79 Å². The molecule has 1 aliphatic heterocycles. The molecule has 0 bridgehead atoms. The number of hydrogen-bond acceptors (Lipinski definition) is 7. The smallest absolute Gasteiger partial charge is 0.449 e. The van der Waals surface area contributed by atoms with Crippen molar-refractivity contribution in [2.75, 3.05) is 31.1 Å². The molecule has 0 atom stereocenters. The van der Waals surface area contributed by atoms with Gasteiger partial charge in [0.25, 0.3) is 5.95 Å². The molecule has 3 aromatic heterocycles. The van der Waals surface area contributed by atoms with Gasteiger partial charge in [0.1, 0.15) is 11.3 Å². The van der Waals surface area contributed by atoms with Crippen LogP contribution in [0.3, 0.4) is 0 Å². The molecular formula is C22H21ClN4O4S. The van der Waals surface area contributed by atoms with Crippen LogP contribution in [0.5, 0.6) is 5.95 Å². The van der Waals surface area contributed by atoms with Gasteiger partial charge in [-0.3, -0.25) is 9.58 Å². The first kappa shape index (κ1) is 20.9. The first-order valence-electron chi connectivity index (χ1n) is 10.1. The number of nitrogens with zero attached hydrogens (tertiary/aromatic N) is 4. The van der Waals surface area contributed by atoms with Crippen LogP contribution in [0.15, 0.2) is 46.2 Å². The van der Waals surface area contributed by atoms with Crippen molar-refractivity contribution in [2.24, 2.45) is 7.05 Å². The van der Waals surface area contributed by atoms with Crippen molar-refractivity contribution in [3.05, 3.63) is 52.5 Å². The highest BCUT2D eigenvalue weighted by Crippen LogP contribution is 2.37. The van der Waals surface area contributed by atoms with Crippen LogP contribution >= 0.6 is 22.9 Å². The summed E-state index contributed by atoms with van der Waals surface area (Å²) in [4.78, 5) is 16.6. The number of carbonyl (C=O) groups is 1. The second kappa shape index (κ2) is 8.50. The summed E-state index contributed by atoms with van der Waals surface area (Å²) in [6, 6.07) is 11.5. The number of furan rings is 1. The van der Waals surface area contributed by atoms with E-state index in [-0.39, 0.29) is 5.95 Å². The van der Waals surface area contributed by atoms with E-state index in [0.29, 0.717) is 16.0 Å². The normalized spacial score (nSPS) is 14.9. The van der Waals surface area contributed by atoms with Crippen molar-refractivity contribution < 1.29 is 19.1 Å². The monoisotopic (exact) mass is 472 g/mol. The molecule has 0 saturated carbocycles. The Morgan fingerprint density at radius 1 is 1.25 bits per heavy atom. The van der Waals surface area contributed by atoms with Crippen LogP contribution in [0, 0.1) is 0 Å². The number of benzene rings is 1. The number of piperazine rings is 1. The Morgan fingerprint density at radius 3 is 2.78 bits per heavy atom. The molecule has 0 spiro atoms.